The minimum atomic E-state index is -0.777. The highest BCUT2D eigenvalue weighted by Crippen LogP contribution is 2.11. The first-order valence-electron chi connectivity index (χ1n) is 7.28. The number of nitrogens with two attached hydrogens (primary N) is 2. The number of carbonyl (C=O) groups is 2. The van der Waals surface area contributed by atoms with Gasteiger partial charge in [0.25, 0.3) is 0 Å². The zero-order chi connectivity index (χ0) is 16.8. The van der Waals surface area contributed by atoms with Crippen molar-refractivity contribution < 1.29 is 14.7 Å². The topological polar surface area (TPSA) is 135 Å². The third-order valence-electron chi connectivity index (χ3n) is 3.55. The number of aromatic nitrogens is 2. The lowest BCUT2D eigenvalue weighted by Crippen LogP contribution is -2.39. The fourth-order valence-corrected chi connectivity index (χ4v) is 2.18. The number of carbonyl (C=O) groups excluding carboxylic acids is 2. The number of nitrogens with one attached hydrogen (secondary N) is 1. The summed E-state index contributed by atoms with van der Waals surface area (Å²) in [6.45, 7) is 0. The molecular formula is C16H20N4O3. The molecule has 7 heteroatoms. The van der Waals surface area contributed by atoms with Crippen LogP contribution in [-0.4, -0.2) is 38.7 Å². The average Bonchev–Trinajstić information content (AvgIpc) is 3.02. The van der Waals surface area contributed by atoms with Crippen molar-refractivity contribution in [3.8, 4) is 5.75 Å². The molecule has 0 radical (unpaired) electrons. The molecule has 1 aromatic carbocycles. The minimum absolute atomic E-state index is 0.146. The van der Waals surface area contributed by atoms with Crippen LogP contribution in [0.5, 0.6) is 5.75 Å². The Morgan fingerprint density at radius 3 is 2.26 bits per heavy atom. The van der Waals surface area contributed by atoms with Gasteiger partial charge in [-0.05, 0) is 24.1 Å². The van der Waals surface area contributed by atoms with Gasteiger partial charge < -0.3 is 21.6 Å². The summed E-state index contributed by atoms with van der Waals surface area (Å²) in [6, 6.07) is 4.88. The van der Waals surface area contributed by atoms with Crippen molar-refractivity contribution in [2.75, 3.05) is 0 Å². The van der Waals surface area contributed by atoms with E-state index in [0.717, 1.165) is 5.56 Å². The van der Waals surface area contributed by atoms with E-state index in [0.29, 0.717) is 12.1 Å². The summed E-state index contributed by atoms with van der Waals surface area (Å²) in [4.78, 5) is 30.8. The highest BCUT2D eigenvalue weighted by atomic mass is 16.3. The molecule has 122 valence electrons. The fraction of sp³-hybridized carbons (Fsp3) is 0.312. The van der Waals surface area contributed by atoms with E-state index in [1.54, 1.807) is 18.3 Å². The van der Waals surface area contributed by atoms with E-state index in [9.17, 15) is 14.7 Å². The fourth-order valence-electron chi connectivity index (χ4n) is 2.18. The molecule has 0 fully saturated rings. The number of nitrogens with zero attached hydrogens (tertiary/aromatic N) is 1. The Balaban J connectivity index is 1.84. The molecule has 2 atom stereocenters. The van der Waals surface area contributed by atoms with E-state index in [4.69, 9.17) is 11.5 Å². The highest BCUT2D eigenvalue weighted by molar-refractivity contribution is 6.03. The summed E-state index contributed by atoms with van der Waals surface area (Å²) >= 11 is 0. The quantitative estimate of drug-likeness (QED) is 0.509. The van der Waals surface area contributed by atoms with Gasteiger partial charge in [-0.3, -0.25) is 9.59 Å². The molecule has 0 saturated heterocycles. The molecule has 2 rings (SSSR count). The Bertz CT molecular complexity index is 652. The molecule has 6 N–H and O–H groups in total. The van der Waals surface area contributed by atoms with Gasteiger partial charge in [0.05, 0.1) is 30.5 Å². The van der Waals surface area contributed by atoms with Crippen molar-refractivity contribution in [3.05, 3.63) is 48.0 Å². The Kier molecular flexibility index (Phi) is 5.61. The standard InChI is InChI=1S/C16H20N4O3/c17-13(5-10-1-3-12(21)4-2-10)15(22)7-16(23)14(18)6-11-8-19-9-20-11/h1-4,8-9,13-14,21H,5-7,17-18H2,(H,19,20)/t13-,14-/m0/s1. The molecular weight excluding hydrogens is 296 g/mol. The second-order valence-corrected chi connectivity index (χ2v) is 5.46. The lowest BCUT2D eigenvalue weighted by molar-refractivity contribution is -0.128. The van der Waals surface area contributed by atoms with Crippen molar-refractivity contribution in [1.29, 1.82) is 0 Å². The van der Waals surface area contributed by atoms with Gasteiger partial charge in [0.15, 0.2) is 11.6 Å². The first-order chi connectivity index (χ1) is 11.0. The number of phenolic OH excluding ortho intramolecular Hbond substituents is 1. The lowest BCUT2D eigenvalue weighted by atomic mass is 9.97. The summed E-state index contributed by atoms with van der Waals surface area (Å²) in [7, 11) is 0. The van der Waals surface area contributed by atoms with E-state index in [1.807, 2.05) is 0 Å². The Labute approximate surface area is 133 Å². The largest absolute Gasteiger partial charge is 0.508 e. The van der Waals surface area contributed by atoms with Gasteiger partial charge >= 0.3 is 0 Å². The Morgan fingerprint density at radius 1 is 1.09 bits per heavy atom. The van der Waals surface area contributed by atoms with E-state index in [1.165, 1.54) is 18.5 Å². The molecule has 1 heterocycles. The molecule has 0 aliphatic rings. The number of phenols is 1. The molecule has 23 heavy (non-hydrogen) atoms. The van der Waals surface area contributed by atoms with Crippen LogP contribution in [0.25, 0.3) is 0 Å². The van der Waals surface area contributed by atoms with Gasteiger partial charge in [-0.25, -0.2) is 4.98 Å². The Morgan fingerprint density at radius 2 is 1.70 bits per heavy atom. The first kappa shape index (κ1) is 16.9. The smallest absolute Gasteiger partial charge is 0.157 e. The summed E-state index contributed by atoms with van der Waals surface area (Å²) in [6.07, 6.45) is 3.46. The normalized spacial score (nSPS) is 13.5. The molecule has 1 aromatic heterocycles. The third kappa shape index (κ3) is 5.01. The predicted molar refractivity (Wildman–Crippen MR) is 84.7 cm³/mol. The number of rotatable bonds is 8. The van der Waals surface area contributed by atoms with Gasteiger partial charge in [0, 0.05) is 12.6 Å². The number of Topliss-reactive ketones (excluding diaryl/α,β-unsaturated/α-hetero) is 2. The van der Waals surface area contributed by atoms with Crippen LogP contribution in [0.15, 0.2) is 36.8 Å². The van der Waals surface area contributed by atoms with Crippen LogP contribution in [0.2, 0.25) is 0 Å². The van der Waals surface area contributed by atoms with Crippen LogP contribution in [-0.2, 0) is 22.4 Å². The number of hydrogen-bond donors (Lipinski definition) is 4. The number of benzene rings is 1. The van der Waals surface area contributed by atoms with Crippen molar-refractivity contribution in [1.82, 2.24) is 9.97 Å². The molecule has 7 nitrogen and oxygen atoms in total. The maximum atomic E-state index is 12.1. The molecule has 0 unspecified atom stereocenters. The van der Waals surface area contributed by atoms with Gasteiger partial charge in [-0.2, -0.15) is 0 Å². The van der Waals surface area contributed by atoms with Crippen LogP contribution in [0.4, 0.5) is 0 Å². The number of aromatic hydroxyl groups is 1. The van der Waals surface area contributed by atoms with Crippen molar-refractivity contribution >= 4 is 11.6 Å². The number of H-pyrrole nitrogens is 1. The molecule has 0 aliphatic heterocycles. The maximum Gasteiger partial charge on any atom is 0.157 e. The molecule has 2 aromatic rings. The number of hydrogen-bond acceptors (Lipinski definition) is 6. The zero-order valence-electron chi connectivity index (χ0n) is 12.6. The minimum Gasteiger partial charge on any atom is -0.508 e. The van der Waals surface area contributed by atoms with E-state index in [2.05, 4.69) is 9.97 Å². The summed E-state index contributed by atoms with van der Waals surface area (Å²) in [5.41, 5.74) is 13.1. The monoisotopic (exact) mass is 316 g/mol. The van der Waals surface area contributed by atoms with Gasteiger partial charge in [0.2, 0.25) is 0 Å². The highest BCUT2D eigenvalue weighted by Gasteiger charge is 2.22. The second-order valence-electron chi connectivity index (χ2n) is 5.46. The van der Waals surface area contributed by atoms with Crippen molar-refractivity contribution in [2.24, 2.45) is 11.5 Å². The summed E-state index contributed by atoms with van der Waals surface area (Å²) in [5.74, 6) is -0.548. The lowest BCUT2D eigenvalue weighted by Gasteiger charge is -2.13. The SMILES string of the molecule is N[C@@H](Cc1ccc(O)cc1)C(=O)CC(=O)[C@@H](N)Cc1c[nH]cn1. The van der Waals surface area contributed by atoms with E-state index < -0.39 is 12.1 Å². The molecule has 0 amide bonds. The van der Waals surface area contributed by atoms with E-state index >= 15 is 0 Å². The van der Waals surface area contributed by atoms with Gasteiger partial charge in [0.1, 0.15) is 5.75 Å². The maximum absolute atomic E-state index is 12.1. The van der Waals surface area contributed by atoms with Crippen LogP contribution in [0.1, 0.15) is 17.7 Å². The number of ketones is 2. The predicted octanol–water partition coefficient (Wildman–Crippen LogP) is 0.0834. The molecule has 0 spiro atoms. The van der Waals surface area contributed by atoms with Crippen molar-refractivity contribution in [3.63, 3.8) is 0 Å². The summed E-state index contributed by atoms with van der Waals surface area (Å²) < 4.78 is 0. The van der Waals surface area contributed by atoms with Crippen LogP contribution in [0.3, 0.4) is 0 Å². The van der Waals surface area contributed by atoms with Crippen LogP contribution < -0.4 is 11.5 Å². The van der Waals surface area contributed by atoms with Gasteiger partial charge in [-0.15, -0.1) is 0 Å². The first-order valence-corrected chi connectivity index (χ1v) is 7.28. The molecule has 0 bridgehead atoms. The van der Waals surface area contributed by atoms with Crippen LogP contribution >= 0.6 is 0 Å². The molecule has 0 saturated carbocycles. The van der Waals surface area contributed by atoms with Gasteiger partial charge in [-0.1, -0.05) is 12.1 Å². The number of imidazole rings is 1. The zero-order valence-corrected chi connectivity index (χ0v) is 12.6. The average molecular weight is 316 g/mol. The van der Waals surface area contributed by atoms with E-state index in [-0.39, 0.29) is 30.2 Å². The summed E-state index contributed by atoms with van der Waals surface area (Å²) in [5, 5.41) is 9.22. The van der Waals surface area contributed by atoms with Crippen molar-refractivity contribution in [2.45, 2.75) is 31.3 Å². The second kappa shape index (κ2) is 7.66. The number of aromatic amines is 1. The van der Waals surface area contributed by atoms with Crippen LogP contribution in [0, 0.1) is 0 Å². The molecule has 0 aliphatic carbocycles. The third-order valence-corrected chi connectivity index (χ3v) is 3.55. The Hall–Kier alpha value is -2.51.